The van der Waals surface area contributed by atoms with Crippen LogP contribution in [0, 0.1) is 5.82 Å². The molecule has 4 nitrogen and oxygen atoms in total. The van der Waals surface area contributed by atoms with Crippen LogP contribution in [0.4, 0.5) is 14.5 Å². The lowest BCUT2D eigenvalue weighted by molar-refractivity contribution is -0.119. The van der Waals surface area contributed by atoms with Gasteiger partial charge < -0.3 is 4.90 Å². The molecular formula is C22H20ClF2N3O. The molecule has 0 saturated heterocycles. The van der Waals surface area contributed by atoms with E-state index in [-0.39, 0.29) is 11.7 Å². The fourth-order valence-corrected chi connectivity index (χ4v) is 3.89. The smallest absolute Gasteiger partial charge is 0.234 e. The second kappa shape index (κ2) is 7.95. The lowest BCUT2D eigenvalue weighted by Crippen LogP contribution is -2.38. The van der Waals surface area contributed by atoms with Crippen molar-refractivity contribution in [3.05, 3.63) is 76.3 Å². The molecular weight excluding hydrogens is 396 g/mol. The molecule has 2 heterocycles. The number of hydrogen-bond acceptors (Lipinski definition) is 2. The molecule has 0 saturated carbocycles. The lowest BCUT2D eigenvalue weighted by Gasteiger charge is -2.30. The Kier molecular flexibility index (Phi) is 5.37. The molecule has 150 valence electrons. The fraction of sp³-hybridized carbons (Fsp3) is 0.273. The summed E-state index contributed by atoms with van der Waals surface area (Å²) in [6.45, 7) is 1.73. The highest BCUT2D eigenvalue weighted by molar-refractivity contribution is 6.31. The van der Waals surface area contributed by atoms with Crippen LogP contribution in [-0.2, 0) is 17.9 Å². The maximum Gasteiger partial charge on any atom is 0.234 e. The first-order chi connectivity index (χ1) is 14.0. The minimum atomic E-state index is -0.675. The quantitative estimate of drug-likeness (QED) is 0.586. The molecule has 3 aromatic rings. The molecule has 1 atom stereocenters. The van der Waals surface area contributed by atoms with Crippen molar-refractivity contribution in [3.63, 3.8) is 0 Å². The number of halogens is 3. The molecule has 0 bridgehead atoms. The van der Waals surface area contributed by atoms with Gasteiger partial charge in [0.1, 0.15) is 12.5 Å². The van der Waals surface area contributed by atoms with Crippen LogP contribution in [0.3, 0.4) is 0 Å². The number of benzene rings is 2. The number of anilines is 1. The van der Waals surface area contributed by atoms with E-state index in [0.717, 1.165) is 35.5 Å². The standard InChI is InChI=1S/C22H20ClF2N3O/c1-14(15-4-9-19(23)16(11-15)12-24)22(29)27-10-2-3-20-21(27)13-26-28(20)18-7-5-17(25)6-8-18/h4-9,11,13-14H,2-3,10,12H2,1H3. The van der Waals surface area contributed by atoms with Gasteiger partial charge in [0.25, 0.3) is 0 Å². The molecule has 1 unspecified atom stereocenters. The number of amides is 1. The molecule has 1 aliphatic heterocycles. The minimum Gasteiger partial charge on any atom is -0.309 e. The van der Waals surface area contributed by atoms with E-state index in [1.165, 1.54) is 12.1 Å². The summed E-state index contributed by atoms with van der Waals surface area (Å²) in [5, 5.41) is 4.79. The number of alkyl halides is 1. The molecule has 0 radical (unpaired) electrons. The zero-order valence-corrected chi connectivity index (χ0v) is 16.7. The molecule has 4 rings (SSSR count). The van der Waals surface area contributed by atoms with Gasteiger partial charge in [-0.1, -0.05) is 23.7 Å². The van der Waals surface area contributed by atoms with E-state index < -0.39 is 12.6 Å². The molecule has 7 heteroatoms. The van der Waals surface area contributed by atoms with E-state index in [9.17, 15) is 13.6 Å². The lowest BCUT2D eigenvalue weighted by atomic mass is 9.96. The highest BCUT2D eigenvalue weighted by atomic mass is 35.5. The Morgan fingerprint density at radius 3 is 2.72 bits per heavy atom. The maximum absolute atomic E-state index is 13.3. The molecule has 29 heavy (non-hydrogen) atoms. The summed E-state index contributed by atoms with van der Waals surface area (Å²) in [6, 6.07) is 11.1. The van der Waals surface area contributed by atoms with Gasteiger partial charge in [-0.3, -0.25) is 4.79 Å². The topological polar surface area (TPSA) is 38.1 Å². The molecule has 2 aromatic carbocycles. The van der Waals surface area contributed by atoms with Crippen LogP contribution in [0.1, 0.15) is 36.1 Å². The van der Waals surface area contributed by atoms with Crippen LogP contribution >= 0.6 is 11.6 Å². The summed E-state index contributed by atoms with van der Waals surface area (Å²) in [5.41, 5.74) is 3.54. The monoisotopic (exact) mass is 415 g/mol. The Morgan fingerprint density at radius 1 is 1.24 bits per heavy atom. The molecule has 1 aromatic heterocycles. The van der Waals surface area contributed by atoms with Gasteiger partial charge in [-0.05, 0) is 55.7 Å². The number of nitrogens with zero attached hydrogens (tertiary/aromatic N) is 3. The first-order valence-corrected chi connectivity index (χ1v) is 9.86. The van der Waals surface area contributed by atoms with Gasteiger partial charge in [0.05, 0.1) is 29.2 Å². The summed E-state index contributed by atoms with van der Waals surface area (Å²) in [4.78, 5) is 15.0. The number of carbonyl (C=O) groups excluding carboxylic acids is 1. The van der Waals surface area contributed by atoms with Crippen LogP contribution < -0.4 is 4.90 Å². The predicted octanol–water partition coefficient (Wildman–Crippen LogP) is 5.22. The number of hydrogen-bond donors (Lipinski definition) is 0. The SMILES string of the molecule is CC(C(=O)N1CCCc2c1cnn2-c1ccc(F)cc1)c1ccc(Cl)c(CF)c1. The zero-order valence-electron chi connectivity index (χ0n) is 15.9. The Hall–Kier alpha value is -2.73. The Bertz CT molecular complexity index is 1050. The summed E-state index contributed by atoms with van der Waals surface area (Å²) in [7, 11) is 0. The van der Waals surface area contributed by atoms with Crippen LogP contribution in [0.5, 0.6) is 0 Å². The summed E-state index contributed by atoms with van der Waals surface area (Å²) in [6.07, 6.45) is 3.25. The van der Waals surface area contributed by atoms with Crippen molar-refractivity contribution in [1.29, 1.82) is 0 Å². The van der Waals surface area contributed by atoms with E-state index in [1.807, 2.05) is 6.92 Å². The molecule has 0 N–H and O–H groups in total. The largest absolute Gasteiger partial charge is 0.309 e. The number of rotatable bonds is 4. The first-order valence-electron chi connectivity index (χ1n) is 9.48. The van der Waals surface area contributed by atoms with Gasteiger partial charge in [0.15, 0.2) is 0 Å². The van der Waals surface area contributed by atoms with Gasteiger partial charge in [-0.2, -0.15) is 5.10 Å². The second-order valence-corrected chi connectivity index (χ2v) is 7.57. The molecule has 1 aliphatic rings. The van der Waals surface area contributed by atoms with Crippen molar-refractivity contribution in [1.82, 2.24) is 9.78 Å². The average molecular weight is 416 g/mol. The Balaban J connectivity index is 1.64. The van der Waals surface area contributed by atoms with Crippen LogP contribution in [0.2, 0.25) is 5.02 Å². The van der Waals surface area contributed by atoms with Gasteiger partial charge in [0, 0.05) is 17.1 Å². The third kappa shape index (κ3) is 3.65. The minimum absolute atomic E-state index is 0.0725. The van der Waals surface area contributed by atoms with Gasteiger partial charge in [-0.25, -0.2) is 13.5 Å². The molecule has 1 amide bonds. The van der Waals surface area contributed by atoms with Crippen molar-refractivity contribution >= 4 is 23.2 Å². The maximum atomic E-state index is 13.3. The van der Waals surface area contributed by atoms with Gasteiger partial charge in [-0.15, -0.1) is 0 Å². The molecule has 0 fully saturated rings. The van der Waals surface area contributed by atoms with Crippen molar-refractivity contribution in [2.75, 3.05) is 11.4 Å². The zero-order chi connectivity index (χ0) is 20.5. The summed E-state index contributed by atoms with van der Waals surface area (Å²) in [5.74, 6) is -0.828. The van der Waals surface area contributed by atoms with Gasteiger partial charge >= 0.3 is 0 Å². The van der Waals surface area contributed by atoms with Crippen LogP contribution in [0.15, 0.2) is 48.7 Å². The summed E-state index contributed by atoms with van der Waals surface area (Å²) < 4.78 is 28.2. The van der Waals surface area contributed by atoms with E-state index in [1.54, 1.807) is 46.1 Å². The third-order valence-corrected chi connectivity index (χ3v) is 5.72. The van der Waals surface area contributed by atoms with Crippen molar-refractivity contribution in [2.45, 2.75) is 32.4 Å². The molecule has 0 spiro atoms. The van der Waals surface area contributed by atoms with Crippen molar-refractivity contribution < 1.29 is 13.6 Å². The van der Waals surface area contributed by atoms with Crippen molar-refractivity contribution in [3.8, 4) is 5.69 Å². The van der Waals surface area contributed by atoms with Crippen molar-refractivity contribution in [2.24, 2.45) is 0 Å². The van der Waals surface area contributed by atoms with E-state index in [0.29, 0.717) is 17.1 Å². The fourth-order valence-electron chi connectivity index (χ4n) is 3.73. The first kappa shape index (κ1) is 19.6. The predicted molar refractivity (Wildman–Crippen MR) is 109 cm³/mol. The number of fused-ring (bicyclic) bond motifs is 1. The second-order valence-electron chi connectivity index (χ2n) is 7.16. The van der Waals surface area contributed by atoms with Gasteiger partial charge in [0.2, 0.25) is 5.91 Å². The average Bonchev–Trinajstić information content (AvgIpc) is 3.18. The number of aromatic nitrogens is 2. The summed E-state index contributed by atoms with van der Waals surface area (Å²) >= 11 is 6.00. The third-order valence-electron chi connectivity index (χ3n) is 5.35. The number of carbonyl (C=O) groups is 1. The highest BCUT2D eigenvalue weighted by Gasteiger charge is 2.30. The van der Waals surface area contributed by atoms with E-state index >= 15 is 0 Å². The normalized spacial score (nSPS) is 14.6. The highest BCUT2D eigenvalue weighted by Crippen LogP contribution is 2.32. The van der Waals surface area contributed by atoms with E-state index in [4.69, 9.17) is 11.6 Å². The van der Waals surface area contributed by atoms with Crippen LogP contribution in [0.25, 0.3) is 5.69 Å². The van der Waals surface area contributed by atoms with E-state index in [2.05, 4.69) is 5.10 Å². The Labute approximate surface area is 172 Å². The Morgan fingerprint density at radius 2 is 2.00 bits per heavy atom. The molecule has 0 aliphatic carbocycles. The van der Waals surface area contributed by atoms with Crippen LogP contribution in [-0.4, -0.2) is 22.2 Å².